The predicted molar refractivity (Wildman–Crippen MR) is 86.5 cm³/mol. The molecule has 1 aliphatic carbocycles. The second-order valence-electron chi connectivity index (χ2n) is 6.40. The Bertz CT molecular complexity index is 462. The summed E-state index contributed by atoms with van der Waals surface area (Å²) < 4.78 is 29.3. The number of hydrogen-bond donors (Lipinski definition) is 1. The number of likely N-dealkylation sites (tertiary alicyclic amines) is 1. The van der Waals surface area contributed by atoms with Gasteiger partial charge in [-0.05, 0) is 38.5 Å². The zero-order chi connectivity index (χ0) is 16.2. The van der Waals surface area contributed by atoms with Crippen molar-refractivity contribution in [2.75, 3.05) is 26.2 Å². The fourth-order valence-corrected chi connectivity index (χ4v) is 4.59. The molecule has 0 atom stereocenters. The largest absolute Gasteiger partial charge is 0.342 e. The summed E-state index contributed by atoms with van der Waals surface area (Å²) in [7, 11) is -3.41. The summed E-state index contributed by atoms with van der Waals surface area (Å²) in [4.78, 5) is 13.9. The molecule has 6 nitrogen and oxygen atoms in total. The van der Waals surface area contributed by atoms with Gasteiger partial charge in [-0.15, -0.1) is 0 Å². The van der Waals surface area contributed by atoms with Gasteiger partial charge < -0.3 is 4.90 Å². The maximum absolute atomic E-state index is 12.4. The van der Waals surface area contributed by atoms with Crippen molar-refractivity contribution in [3.05, 3.63) is 0 Å². The number of amides is 1. The Morgan fingerprint density at radius 1 is 1.09 bits per heavy atom. The van der Waals surface area contributed by atoms with Gasteiger partial charge in [0.2, 0.25) is 5.91 Å². The molecule has 0 aromatic rings. The van der Waals surface area contributed by atoms with Crippen molar-refractivity contribution in [3.63, 3.8) is 0 Å². The highest BCUT2D eigenvalue weighted by Gasteiger charge is 2.35. The smallest absolute Gasteiger partial charge is 0.279 e. The van der Waals surface area contributed by atoms with Crippen molar-refractivity contribution in [1.29, 1.82) is 0 Å². The fourth-order valence-electron chi connectivity index (χ4n) is 2.94. The average molecular weight is 331 g/mol. The van der Waals surface area contributed by atoms with Crippen molar-refractivity contribution in [3.8, 4) is 0 Å². The molecule has 1 saturated carbocycles. The van der Waals surface area contributed by atoms with Crippen LogP contribution in [-0.4, -0.2) is 55.8 Å². The highest BCUT2D eigenvalue weighted by Crippen LogP contribution is 2.31. The van der Waals surface area contributed by atoms with E-state index in [0.29, 0.717) is 39.0 Å². The van der Waals surface area contributed by atoms with Crippen LogP contribution in [0.1, 0.15) is 52.4 Å². The first-order valence-electron chi connectivity index (χ1n) is 8.54. The van der Waals surface area contributed by atoms with Crippen LogP contribution in [0.3, 0.4) is 0 Å². The molecule has 2 rings (SSSR count). The van der Waals surface area contributed by atoms with E-state index in [2.05, 4.69) is 4.72 Å². The molecule has 2 aliphatic rings. The van der Waals surface area contributed by atoms with Crippen molar-refractivity contribution in [2.24, 2.45) is 5.92 Å². The monoisotopic (exact) mass is 331 g/mol. The van der Waals surface area contributed by atoms with Crippen LogP contribution in [0.4, 0.5) is 0 Å². The third-order valence-electron chi connectivity index (χ3n) is 4.33. The maximum atomic E-state index is 12.4. The van der Waals surface area contributed by atoms with Gasteiger partial charge in [-0.3, -0.25) is 4.79 Å². The number of piperidine rings is 1. The SMILES string of the molecule is CCCN(CCC)S(=O)(=O)NC1CCN(C(=O)C2CC2)CC1. The highest BCUT2D eigenvalue weighted by atomic mass is 32.2. The first kappa shape index (κ1) is 17.7. The standard InChI is InChI=1S/C15H29N3O3S/c1-3-9-18(10-4-2)22(20,21)16-14-7-11-17(12-8-14)15(19)13-5-6-13/h13-14,16H,3-12H2,1-2H3. The van der Waals surface area contributed by atoms with Crippen LogP contribution in [0.25, 0.3) is 0 Å². The molecule has 0 aromatic carbocycles. The van der Waals surface area contributed by atoms with E-state index in [-0.39, 0.29) is 17.9 Å². The number of carbonyl (C=O) groups is 1. The number of nitrogens with zero attached hydrogens (tertiary/aromatic N) is 2. The Hall–Kier alpha value is -0.660. The summed E-state index contributed by atoms with van der Waals surface area (Å²) in [6.45, 7) is 6.43. The van der Waals surface area contributed by atoms with Gasteiger partial charge in [0.15, 0.2) is 0 Å². The minimum absolute atomic E-state index is 0.0514. The molecular formula is C15H29N3O3S. The van der Waals surface area contributed by atoms with Gasteiger partial charge in [0.1, 0.15) is 0 Å². The molecular weight excluding hydrogens is 302 g/mol. The molecule has 0 spiro atoms. The summed E-state index contributed by atoms with van der Waals surface area (Å²) in [5.41, 5.74) is 0. The first-order chi connectivity index (χ1) is 10.5. The minimum atomic E-state index is -3.41. The highest BCUT2D eigenvalue weighted by molar-refractivity contribution is 7.87. The van der Waals surface area contributed by atoms with E-state index in [1.54, 1.807) is 0 Å². The fraction of sp³-hybridized carbons (Fsp3) is 0.933. The molecule has 1 heterocycles. The van der Waals surface area contributed by atoms with E-state index in [4.69, 9.17) is 0 Å². The van der Waals surface area contributed by atoms with Gasteiger partial charge in [-0.2, -0.15) is 17.4 Å². The molecule has 2 fully saturated rings. The lowest BCUT2D eigenvalue weighted by atomic mass is 10.1. The molecule has 1 amide bonds. The third kappa shape index (κ3) is 4.67. The summed E-state index contributed by atoms with van der Waals surface area (Å²) in [6.07, 6.45) is 5.10. The van der Waals surface area contributed by atoms with Crippen LogP contribution in [0.5, 0.6) is 0 Å². The zero-order valence-electron chi connectivity index (χ0n) is 13.8. The number of rotatable bonds is 8. The molecule has 128 valence electrons. The van der Waals surface area contributed by atoms with Gasteiger partial charge in [-0.25, -0.2) is 0 Å². The topological polar surface area (TPSA) is 69.7 Å². The van der Waals surface area contributed by atoms with Crippen molar-refractivity contribution in [1.82, 2.24) is 13.9 Å². The molecule has 1 aliphatic heterocycles. The molecule has 0 radical (unpaired) electrons. The lowest BCUT2D eigenvalue weighted by Crippen LogP contribution is -2.51. The predicted octanol–water partition coefficient (Wildman–Crippen LogP) is 1.34. The van der Waals surface area contributed by atoms with Crippen LogP contribution < -0.4 is 4.72 Å². The van der Waals surface area contributed by atoms with E-state index < -0.39 is 10.2 Å². The first-order valence-corrected chi connectivity index (χ1v) is 9.98. The number of carbonyl (C=O) groups excluding carboxylic acids is 1. The number of nitrogens with one attached hydrogen (secondary N) is 1. The van der Waals surface area contributed by atoms with Crippen LogP contribution in [0.15, 0.2) is 0 Å². The van der Waals surface area contributed by atoms with Crippen LogP contribution in [-0.2, 0) is 15.0 Å². The Morgan fingerprint density at radius 3 is 2.09 bits per heavy atom. The Balaban J connectivity index is 1.84. The van der Waals surface area contributed by atoms with Gasteiger partial charge in [0.05, 0.1) is 0 Å². The molecule has 0 unspecified atom stereocenters. The number of hydrogen-bond acceptors (Lipinski definition) is 3. The van der Waals surface area contributed by atoms with Crippen molar-refractivity contribution < 1.29 is 13.2 Å². The Labute approximate surface area is 134 Å². The van der Waals surface area contributed by atoms with Crippen LogP contribution in [0.2, 0.25) is 0 Å². The summed E-state index contributed by atoms with van der Waals surface area (Å²) in [5.74, 6) is 0.512. The zero-order valence-corrected chi connectivity index (χ0v) is 14.6. The van der Waals surface area contributed by atoms with E-state index in [1.807, 2.05) is 18.7 Å². The summed E-state index contributed by atoms with van der Waals surface area (Å²) in [5, 5.41) is 0. The molecule has 1 saturated heterocycles. The quantitative estimate of drug-likeness (QED) is 0.730. The van der Waals surface area contributed by atoms with Gasteiger partial charge in [0, 0.05) is 38.1 Å². The molecule has 0 aromatic heterocycles. The molecule has 22 heavy (non-hydrogen) atoms. The molecule has 1 N–H and O–H groups in total. The van der Waals surface area contributed by atoms with E-state index in [9.17, 15) is 13.2 Å². The van der Waals surface area contributed by atoms with E-state index >= 15 is 0 Å². The Kier molecular flexibility index (Phi) is 6.23. The van der Waals surface area contributed by atoms with Gasteiger partial charge in [0.25, 0.3) is 10.2 Å². The molecule has 7 heteroatoms. The third-order valence-corrected chi connectivity index (χ3v) is 6.01. The summed E-state index contributed by atoms with van der Waals surface area (Å²) in [6, 6.07) is -0.0514. The van der Waals surface area contributed by atoms with Crippen molar-refractivity contribution >= 4 is 16.1 Å². The van der Waals surface area contributed by atoms with E-state index in [0.717, 1.165) is 25.7 Å². The molecule has 0 bridgehead atoms. The average Bonchev–Trinajstić information content (AvgIpc) is 3.31. The van der Waals surface area contributed by atoms with Crippen LogP contribution in [0, 0.1) is 5.92 Å². The summed E-state index contributed by atoms with van der Waals surface area (Å²) >= 11 is 0. The normalized spacial score (nSPS) is 20.6. The van der Waals surface area contributed by atoms with E-state index in [1.165, 1.54) is 4.31 Å². The Morgan fingerprint density at radius 2 is 1.64 bits per heavy atom. The maximum Gasteiger partial charge on any atom is 0.279 e. The second kappa shape index (κ2) is 7.75. The van der Waals surface area contributed by atoms with Crippen LogP contribution >= 0.6 is 0 Å². The second-order valence-corrected chi connectivity index (χ2v) is 8.10. The lowest BCUT2D eigenvalue weighted by molar-refractivity contribution is -0.133. The minimum Gasteiger partial charge on any atom is -0.342 e. The van der Waals surface area contributed by atoms with Crippen molar-refractivity contribution in [2.45, 2.75) is 58.4 Å². The van der Waals surface area contributed by atoms with Gasteiger partial charge >= 0.3 is 0 Å². The van der Waals surface area contributed by atoms with Gasteiger partial charge in [-0.1, -0.05) is 13.8 Å². The lowest BCUT2D eigenvalue weighted by Gasteiger charge is -2.33.